The second-order valence-electron chi connectivity index (χ2n) is 6.25. The molecule has 1 aromatic heterocycles. The summed E-state index contributed by atoms with van der Waals surface area (Å²) in [5, 5.41) is 13.1. The molecule has 5 heteroatoms. The second kappa shape index (κ2) is 5.63. The van der Waals surface area contributed by atoms with Gasteiger partial charge in [0.1, 0.15) is 0 Å². The summed E-state index contributed by atoms with van der Waals surface area (Å²) in [4.78, 5) is 8.73. The van der Waals surface area contributed by atoms with Crippen LogP contribution in [0.2, 0.25) is 0 Å². The molecule has 1 aromatic carbocycles. The molecule has 5 nitrogen and oxygen atoms in total. The molecule has 108 valence electrons. The van der Waals surface area contributed by atoms with E-state index in [-0.39, 0.29) is 5.41 Å². The topological polar surface area (TPSA) is 84.1 Å². The van der Waals surface area contributed by atoms with Gasteiger partial charge in [-0.3, -0.25) is 0 Å². The van der Waals surface area contributed by atoms with Gasteiger partial charge in [-0.05, 0) is 24.0 Å². The fraction of sp³-hybridized carbons (Fsp3) is 0.467. The van der Waals surface area contributed by atoms with E-state index in [0.717, 1.165) is 11.0 Å². The van der Waals surface area contributed by atoms with Gasteiger partial charge >= 0.3 is 0 Å². The van der Waals surface area contributed by atoms with Crippen LogP contribution in [0.5, 0.6) is 0 Å². The number of aliphatic hydroxyl groups is 1. The monoisotopic (exact) mass is 274 g/mol. The van der Waals surface area contributed by atoms with Crippen molar-refractivity contribution in [3.8, 4) is 0 Å². The van der Waals surface area contributed by atoms with Crippen molar-refractivity contribution in [1.29, 1.82) is 0 Å². The summed E-state index contributed by atoms with van der Waals surface area (Å²) in [6.45, 7) is 6.70. The van der Waals surface area contributed by atoms with Crippen LogP contribution in [-0.4, -0.2) is 27.7 Å². The highest BCUT2D eigenvalue weighted by atomic mass is 16.3. The number of aliphatic hydroxyl groups excluding tert-OH is 1. The third-order valence-corrected chi connectivity index (χ3v) is 2.95. The number of hydrogen-bond donors (Lipinski definition) is 3. The molecule has 2 rings (SSSR count). The summed E-state index contributed by atoms with van der Waals surface area (Å²) in [5.74, 6) is 0.878. The highest BCUT2D eigenvalue weighted by Gasteiger charge is 2.17. The van der Waals surface area contributed by atoms with Crippen LogP contribution in [0.15, 0.2) is 24.3 Å². The molecule has 2 aromatic rings. The van der Waals surface area contributed by atoms with Gasteiger partial charge in [0.2, 0.25) is 0 Å². The fourth-order valence-corrected chi connectivity index (χ4v) is 2.14. The Kier molecular flexibility index (Phi) is 4.09. The minimum atomic E-state index is -0.442. The Morgan fingerprint density at radius 2 is 1.80 bits per heavy atom. The molecule has 4 N–H and O–H groups in total. The molecule has 0 fully saturated rings. The SMILES string of the molecule is CC(C)(C)CC(O)CNc1nc2ccccc2nc1N. The molecule has 0 saturated heterocycles. The van der Waals surface area contributed by atoms with Crippen molar-refractivity contribution < 1.29 is 5.11 Å². The van der Waals surface area contributed by atoms with Crippen LogP contribution in [0, 0.1) is 5.41 Å². The summed E-state index contributed by atoms with van der Waals surface area (Å²) in [5.41, 5.74) is 7.52. The molecule has 0 aliphatic heterocycles. The highest BCUT2D eigenvalue weighted by Crippen LogP contribution is 2.22. The highest BCUT2D eigenvalue weighted by molar-refractivity contribution is 5.79. The quantitative estimate of drug-likeness (QED) is 0.797. The lowest BCUT2D eigenvalue weighted by Crippen LogP contribution is -2.25. The predicted molar refractivity (Wildman–Crippen MR) is 82.5 cm³/mol. The fourth-order valence-electron chi connectivity index (χ4n) is 2.14. The summed E-state index contributed by atoms with van der Waals surface area (Å²) < 4.78 is 0. The molecule has 0 radical (unpaired) electrons. The van der Waals surface area contributed by atoms with E-state index >= 15 is 0 Å². The van der Waals surface area contributed by atoms with Crippen molar-refractivity contribution >= 4 is 22.7 Å². The van der Waals surface area contributed by atoms with Gasteiger partial charge in [0.25, 0.3) is 0 Å². The first-order valence-corrected chi connectivity index (χ1v) is 6.79. The van der Waals surface area contributed by atoms with Crippen LogP contribution >= 0.6 is 0 Å². The van der Waals surface area contributed by atoms with E-state index in [0.29, 0.717) is 24.6 Å². The lowest BCUT2D eigenvalue weighted by molar-refractivity contribution is 0.132. The summed E-state index contributed by atoms with van der Waals surface area (Å²) >= 11 is 0. The maximum atomic E-state index is 10.00. The predicted octanol–water partition coefficient (Wildman–Crippen LogP) is 2.42. The first-order valence-electron chi connectivity index (χ1n) is 6.79. The molecular formula is C15H22N4O. The maximum absolute atomic E-state index is 10.00. The van der Waals surface area contributed by atoms with Gasteiger partial charge in [-0.15, -0.1) is 0 Å². The lowest BCUT2D eigenvalue weighted by atomic mass is 9.89. The van der Waals surface area contributed by atoms with E-state index in [9.17, 15) is 5.11 Å². The van der Waals surface area contributed by atoms with Crippen LogP contribution in [0.4, 0.5) is 11.6 Å². The average Bonchev–Trinajstić information content (AvgIpc) is 2.34. The number of nitrogens with zero attached hydrogens (tertiary/aromatic N) is 2. The molecule has 1 unspecified atom stereocenters. The minimum absolute atomic E-state index is 0.0850. The number of fused-ring (bicyclic) bond motifs is 1. The number of rotatable bonds is 4. The first-order chi connectivity index (χ1) is 9.35. The normalized spacial score (nSPS) is 13.4. The average molecular weight is 274 g/mol. The van der Waals surface area contributed by atoms with Crippen molar-refractivity contribution in [3.05, 3.63) is 24.3 Å². The number of nitrogens with two attached hydrogens (primary N) is 1. The Morgan fingerprint density at radius 1 is 1.20 bits per heavy atom. The molecular weight excluding hydrogens is 252 g/mol. The minimum Gasteiger partial charge on any atom is -0.391 e. The van der Waals surface area contributed by atoms with Crippen molar-refractivity contribution in [2.75, 3.05) is 17.6 Å². The standard InChI is InChI=1S/C15H22N4O/c1-15(2,3)8-10(20)9-17-14-13(16)18-11-6-4-5-7-12(11)19-14/h4-7,10,20H,8-9H2,1-3H3,(H2,16,18)(H,17,19). The van der Waals surface area contributed by atoms with E-state index in [2.05, 4.69) is 36.1 Å². The maximum Gasteiger partial charge on any atom is 0.169 e. The van der Waals surface area contributed by atoms with E-state index in [4.69, 9.17) is 5.73 Å². The number of nitrogens with one attached hydrogen (secondary N) is 1. The van der Waals surface area contributed by atoms with Crippen LogP contribution < -0.4 is 11.1 Å². The van der Waals surface area contributed by atoms with Crippen molar-refractivity contribution in [3.63, 3.8) is 0 Å². The van der Waals surface area contributed by atoms with Gasteiger partial charge in [0.15, 0.2) is 11.6 Å². The number of benzene rings is 1. The molecule has 0 bridgehead atoms. The van der Waals surface area contributed by atoms with Crippen LogP contribution in [-0.2, 0) is 0 Å². The molecule has 0 spiro atoms. The van der Waals surface area contributed by atoms with E-state index in [1.165, 1.54) is 0 Å². The molecule has 0 saturated carbocycles. The molecule has 0 amide bonds. The molecule has 1 heterocycles. The third-order valence-electron chi connectivity index (χ3n) is 2.95. The number of anilines is 2. The van der Waals surface area contributed by atoms with E-state index in [1.54, 1.807) is 0 Å². The summed E-state index contributed by atoms with van der Waals surface area (Å²) in [7, 11) is 0. The third kappa shape index (κ3) is 3.81. The van der Waals surface area contributed by atoms with Gasteiger partial charge in [-0.25, -0.2) is 9.97 Å². The van der Waals surface area contributed by atoms with Gasteiger partial charge in [0, 0.05) is 6.54 Å². The lowest BCUT2D eigenvalue weighted by Gasteiger charge is -2.22. The van der Waals surface area contributed by atoms with Gasteiger partial charge in [-0.1, -0.05) is 32.9 Å². The molecule has 20 heavy (non-hydrogen) atoms. The number of nitrogen functional groups attached to an aromatic ring is 1. The number of aromatic nitrogens is 2. The van der Waals surface area contributed by atoms with Gasteiger partial charge in [-0.2, -0.15) is 0 Å². The van der Waals surface area contributed by atoms with E-state index in [1.807, 2.05) is 24.3 Å². The van der Waals surface area contributed by atoms with Crippen molar-refractivity contribution in [1.82, 2.24) is 9.97 Å². The molecule has 1 atom stereocenters. The smallest absolute Gasteiger partial charge is 0.169 e. The van der Waals surface area contributed by atoms with Crippen LogP contribution in [0.25, 0.3) is 11.0 Å². The Bertz CT molecular complexity index is 592. The Labute approximate surface area is 119 Å². The van der Waals surface area contributed by atoms with Crippen LogP contribution in [0.3, 0.4) is 0 Å². The van der Waals surface area contributed by atoms with Crippen molar-refractivity contribution in [2.24, 2.45) is 5.41 Å². The zero-order valence-corrected chi connectivity index (χ0v) is 12.2. The van der Waals surface area contributed by atoms with Gasteiger partial charge in [0.05, 0.1) is 17.1 Å². The molecule has 0 aliphatic carbocycles. The Hall–Kier alpha value is -1.88. The summed E-state index contributed by atoms with van der Waals surface area (Å²) in [6.07, 6.45) is 0.267. The Balaban J connectivity index is 2.08. The Morgan fingerprint density at radius 3 is 2.40 bits per heavy atom. The van der Waals surface area contributed by atoms with E-state index < -0.39 is 6.10 Å². The first kappa shape index (κ1) is 14.5. The van der Waals surface area contributed by atoms with Crippen LogP contribution in [0.1, 0.15) is 27.2 Å². The zero-order chi connectivity index (χ0) is 14.8. The number of para-hydroxylation sites is 2. The summed E-state index contributed by atoms with van der Waals surface area (Å²) in [6, 6.07) is 7.57. The van der Waals surface area contributed by atoms with Crippen molar-refractivity contribution in [2.45, 2.75) is 33.3 Å². The number of hydrogen-bond acceptors (Lipinski definition) is 5. The zero-order valence-electron chi connectivity index (χ0n) is 12.2. The molecule has 0 aliphatic rings. The largest absolute Gasteiger partial charge is 0.391 e. The van der Waals surface area contributed by atoms with Gasteiger partial charge < -0.3 is 16.2 Å². The second-order valence-corrected chi connectivity index (χ2v) is 6.25.